The first-order chi connectivity index (χ1) is 8.55. The molecular weight excluding hydrogens is 226 g/mol. The van der Waals surface area contributed by atoms with Gasteiger partial charge in [0.25, 0.3) is 0 Å². The maximum absolute atomic E-state index is 5.96. The van der Waals surface area contributed by atoms with Gasteiger partial charge in [-0.1, -0.05) is 13.8 Å². The van der Waals surface area contributed by atoms with Crippen molar-refractivity contribution >= 4 is 0 Å². The molecule has 0 saturated heterocycles. The lowest BCUT2D eigenvalue weighted by Gasteiger charge is -2.26. The van der Waals surface area contributed by atoms with Gasteiger partial charge in [0.1, 0.15) is 5.60 Å². The van der Waals surface area contributed by atoms with Crippen molar-refractivity contribution < 1.29 is 4.74 Å². The van der Waals surface area contributed by atoms with Crippen LogP contribution in [0.1, 0.15) is 52.1 Å². The maximum atomic E-state index is 5.96. The summed E-state index contributed by atoms with van der Waals surface area (Å²) in [5, 5.41) is 0. The zero-order chi connectivity index (χ0) is 13.6. The molecular formula is C14H25N3O. The van der Waals surface area contributed by atoms with Crippen molar-refractivity contribution in [3.05, 3.63) is 23.8 Å². The van der Waals surface area contributed by atoms with E-state index in [9.17, 15) is 0 Å². The molecule has 0 radical (unpaired) electrons. The largest absolute Gasteiger partial charge is 0.368 e. The first-order valence-electron chi connectivity index (χ1n) is 6.77. The topological polar surface area (TPSA) is 61.0 Å². The Balaban J connectivity index is 2.92. The summed E-state index contributed by atoms with van der Waals surface area (Å²) < 4.78 is 5.79. The quantitative estimate of drug-likeness (QED) is 0.808. The van der Waals surface area contributed by atoms with Crippen molar-refractivity contribution in [2.45, 2.75) is 58.6 Å². The molecule has 18 heavy (non-hydrogen) atoms. The van der Waals surface area contributed by atoms with E-state index in [0.717, 1.165) is 30.8 Å². The monoisotopic (exact) mass is 251 g/mol. The summed E-state index contributed by atoms with van der Waals surface area (Å²) in [6.07, 6.45) is 4.39. The average molecular weight is 251 g/mol. The highest BCUT2D eigenvalue weighted by Gasteiger charge is 2.28. The van der Waals surface area contributed by atoms with E-state index in [1.807, 2.05) is 19.9 Å². The molecule has 0 spiro atoms. The van der Waals surface area contributed by atoms with Crippen LogP contribution < -0.4 is 5.73 Å². The number of ether oxygens (including phenoxy) is 1. The van der Waals surface area contributed by atoms with E-state index in [0.29, 0.717) is 6.61 Å². The van der Waals surface area contributed by atoms with Crippen molar-refractivity contribution in [3.8, 4) is 0 Å². The molecule has 2 N–H and O–H groups in total. The average Bonchev–Trinajstić information content (AvgIpc) is 2.39. The molecule has 0 aliphatic rings. The van der Waals surface area contributed by atoms with E-state index >= 15 is 0 Å². The Kier molecular flexibility index (Phi) is 5.69. The minimum Gasteiger partial charge on any atom is -0.368 e. The van der Waals surface area contributed by atoms with Gasteiger partial charge in [-0.15, -0.1) is 0 Å². The number of aromatic nitrogens is 2. The minimum atomic E-state index is -0.402. The highest BCUT2D eigenvalue weighted by molar-refractivity contribution is 5.09. The van der Waals surface area contributed by atoms with Crippen LogP contribution in [0.15, 0.2) is 12.3 Å². The Morgan fingerprint density at radius 2 is 2.11 bits per heavy atom. The Morgan fingerprint density at radius 1 is 1.39 bits per heavy atom. The van der Waals surface area contributed by atoms with Gasteiger partial charge in [-0.05, 0) is 32.8 Å². The van der Waals surface area contributed by atoms with Gasteiger partial charge in [0.2, 0.25) is 0 Å². The number of hydrogen-bond donors (Lipinski definition) is 1. The van der Waals surface area contributed by atoms with Crippen LogP contribution >= 0.6 is 0 Å². The predicted octanol–water partition coefficient (Wildman–Crippen LogP) is 2.42. The molecule has 4 nitrogen and oxygen atoms in total. The molecule has 1 aromatic rings. The third-order valence-corrected chi connectivity index (χ3v) is 3.32. The van der Waals surface area contributed by atoms with Gasteiger partial charge < -0.3 is 10.5 Å². The van der Waals surface area contributed by atoms with Gasteiger partial charge in [-0.3, -0.25) is 0 Å². The molecule has 4 heteroatoms. The van der Waals surface area contributed by atoms with Crippen LogP contribution in [-0.4, -0.2) is 22.6 Å². The van der Waals surface area contributed by atoms with Crippen LogP contribution in [0, 0.1) is 0 Å². The zero-order valence-corrected chi connectivity index (χ0v) is 11.9. The van der Waals surface area contributed by atoms with Gasteiger partial charge in [0, 0.05) is 31.0 Å². The standard InChI is InChI=1S/C14H25N3O/c1-5-11(15)10-12-8-9-16-13(17-12)14(4,6-2)18-7-3/h8-9,11H,5-7,10,15H2,1-4H3. The van der Waals surface area contributed by atoms with Gasteiger partial charge >= 0.3 is 0 Å². The lowest BCUT2D eigenvalue weighted by atomic mass is 10.0. The van der Waals surface area contributed by atoms with E-state index < -0.39 is 5.60 Å². The van der Waals surface area contributed by atoms with Crippen molar-refractivity contribution in [2.75, 3.05) is 6.61 Å². The second-order valence-electron chi connectivity index (χ2n) is 4.76. The number of nitrogens with zero attached hydrogens (tertiary/aromatic N) is 2. The number of nitrogens with two attached hydrogens (primary N) is 1. The van der Waals surface area contributed by atoms with Crippen LogP contribution in [0.4, 0.5) is 0 Å². The summed E-state index contributed by atoms with van der Waals surface area (Å²) in [5.41, 5.74) is 6.56. The van der Waals surface area contributed by atoms with Crippen molar-refractivity contribution in [1.82, 2.24) is 9.97 Å². The molecule has 0 saturated carbocycles. The highest BCUT2D eigenvalue weighted by atomic mass is 16.5. The fourth-order valence-electron chi connectivity index (χ4n) is 1.82. The second kappa shape index (κ2) is 6.81. The molecule has 2 atom stereocenters. The molecule has 0 aliphatic heterocycles. The third-order valence-electron chi connectivity index (χ3n) is 3.32. The Hall–Kier alpha value is -1.00. The van der Waals surface area contributed by atoms with Crippen molar-refractivity contribution in [1.29, 1.82) is 0 Å². The van der Waals surface area contributed by atoms with Crippen LogP contribution in [0.25, 0.3) is 0 Å². The Morgan fingerprint density at radius 3 is 2.67 bits per heavy atom. The maximum Gasteiger partial charge on any atom is 0.160 e. The van der Waals surface area contributed by atoms with E-state index in [1.165, 1.54) is 0 Å². The van der Waals surface area contributed by atoms with Gasteiger partial charge in [-0.2, -0.15) is 0 Å². The van der Waals surface area contributed by atoms with Crippen molar-refractivity contribution in [3.63, 3.8) is 0 Å². The first kappa shape index (κ1) is 15.1. The SMILES string of the molecule is CCOC(C)(CC)c1nccc(CC(N)CC)n1. The molecule has 0 amide bonds. The predicted molar refractivity (Wildman–Crippen MR) is 73.3 cm³/mol. The van der Waals surface area contributed by atoms with Crippen LogP contribution in [-0.2, 0) is 16.8 Å². The zero-order valence-electron chi connectivity index (χ0n) is 11.9. The lowest BCUT2D eigenvalue weighted by Crippen LogP contribution is -2.29. The fraction of sp³-hybridized carbons (Fsp3) is 0.714. The summed E-state index contributed by atoms with van der Waals surface area (Å²) in [7, 11) is 0. The van der Waals surface area contributed by atoms with E-state index in [2.05, 4.69) is 23.8 Å². The molecule has 1 heterocycles. The van der Waals surface area contributed by atoms with Crippen LogP contribution in [0.2, 0.25) is 0 Å². The smallest absolute Gasteiger partial charge is 0.160 e. The minimum absolute atomic E-state index is 0.160. The molecule has 1 aromatic heterocycles. The highest BCUT2D eigenvalue weighted by Crippen LogP contribution is 2.25. The Bertz CT molecular complexity index is 370. The van der Waals surface area contributed by atoms with Gasteiger partial charge in [-0.25, -0.2) is 9.97 Å². The summed E-state index contributed by atoms with van der Waals surface area (Å²) in [4.78, 5) is 8.96. The summed E-state index contributed by atoms with van der Waals surface area (Å²) in [6, 6.07) is 2.09. The van der Waals surface area contributed by atoms with E-state index in [1.54, 1.807) is 6.20 Å². The molecule has 0 aromatic carbocycles. The number of hydrogen-bond acceptors (Lipinski definition) is 4. The normalized spacial score (nSPS) is 16.3. The molecule has 0 bridgehead atoms. The van der Waals surface area contributed by atoms with Gasteiger partial charge in [0.05, 0.1) is 0 Å². The molecule has 0 aliphatic carbocycles. The molecule has 102 valence electrons. The molecule has 1 rings (SSSR count). The summed E-state index contributed by atoms with van der Waals surface area (Å²) >= 11 is 0. The second-order valence-corrected chi connectivity index (χ2v) is 4.76. The van der Waals surface area contributed by atoms with E-state index in [-0.39, 0.29) is 6.04 Å². The van der Waals surface area contributed by atoms with Crippen LogP contribution in [0.3, 0.4) is 0 Å². The Labute approximate surface area is 110 Å². The number of rotatable bonds is 7. The molecule has 2 unspecified atom stereocenters. The lowest BCUT2D eigenvalue weighted by molar-refractivity contribution is -0.0392. The first-order valence-corrected chi connectivity index (χ1v) is 6.77. The summed E-state index contributed by atoms with van der Waals surface area (Å²) in [5.74, 6) is 0.757. The molecule has 0 fully saturated rings. The summed E-state index contributed by atoms with van der Waals surface area (Å²) in [6.45, 7) is 8.86. The van der Waals surface area contributed by atoms with Gasteiger partial charge in [0.15, 0.2) is 5.82 Å². The van der Waals surface area contributed by atoms with Crippen LogP contribution in [0.5, 0.6) is 0 Å². The van der Waals surface area contributed by atoms with E-state index in [4.69, 9.17) is 10.5 Å². The van der Waals surface area contributed by atoms with Crippen molar-refractivity contribution in [2.24, 2.45) is 5.73 Å². The third kappa shape index (κ3) is 3.75. The fourth-order valence-corrected chi connectivity index (χ4v) is 1.82.